The first-order valence-corrected chi connectivity index (χ1v) is 8.59. The summed E-state index contributed by atoms with van der Waals surface area (Å²) in [5.41, 5.74) is 6.47. The highest BCUT2D eigenvalue weighted by atomic mass is 35.5. The summed E-state index contributed by atoms with van der Waals surface area (Å²) in [5, 5.41) is 0.444. The average molecular weight is 328 g/mol. The summed E-state index contributed by atoms with van der Waals surface area (Å²) < 4.78 is 11.6. The number of hydrogen-bond donors (Lipinski definition) is 1. The van der Waals surface area contributed by atoms with E-state index in [0.29, 0.717) is 22.9 Å². The second-order valence-corrected chi connectivity index (χ2v) is 7.10. The van der Waals surface area contributed by atoms with Crippen molar-refractivity contribution in [2.45, 2.75) is 31.0 Å². The van der Waals surface area contributed by atoms with Crippen LogP contribution in [-0.4, -0.2) is 35.8 Å². The van der Waals surface area contributed by atoms with Gasteiger partial charge in [-0.15, -0.1) is 0 Å². The Morgan fingerprint density at radius 1 is 1.52 bits per heavy atom. The molecule has 0 amide bonds. The Morgan fingerprint density at radius 3 is 3.10 bits per heavy atom. The van der Waals surface area contributed by atoms with Gasteiger partial charge < -0.3 is 15.2 Å². The third kappa shape index (κ3) is 3.30. The Labute approximate surface area is 133 Å². The summed E-state index contributed by atoms with van der Waals surface area (Å²) in [7, 11) is 0. The predicted octanol–water partition coefficient (Wildman–Crippen LogP) is 3.13. The topological polar surface area (TPSA) is 61.6 Å². The number of anilines is 1. The highest BCUT2D eigenvalue weighted by molar-refractivity contribution is 7.99. The Balaban J connectivity index is 1.65. The van der Waals surface area contributed by atoms with Crippen LogP contribution < -0.4 is 5.73 Å². The third-order valence-corrected chi connectivity index (χ3v) is 5.59. The van der Waals surface area contributed by atoms with Gasteiger partial charge in [-0.2, -0.15) is 11.8 Å². The maximum Gasteiger partial charge on any atom is 0.338 e. The zero-order valence-corrected chi connectivity index (χ0v) is 13.2. The van der Waals surface area contributed by atoms with Gasteiger partial charge in [0, 0.05) is 18.6 Å². The van der Waals surface area contributed by atoms with Gasteiger partial charge in [0.15, 0.2) is 0 Å². The van der Waals surface area contributed by atoms with Crippen molar-refractivity contribution in [2.75, 3.05) is 23.8 Å². The van der Waals surface area contributed by atoms with Crippen LogP contribution in [0.4, 0.5) is 5.69 Å². The number of ether oxygens (including phenoxy) is 2. The average Bonchev–Trinajstić information content (AvgIpc) is 2.89. The molecule has 2 unspecified atom stereocenters. The van der Waals surface area contributed by atoms with E-state index in [1.165, 1.54) is 0 Å². The monoisotopic (exact) mass is 327 g/mol. The number of nitrogens with two attached hydrogens (primary N) is 1. The molecule has 2 atom stereocenters. The molecule has 0 aliphatic carbocycles. The van der Waals surface area contributed by atoms with Crippen LogP contribution in [0, 0.1) is 0 Å². The molecule has 2 aliphatic rings. The van der Waals surface area contributed by atoms with Gasteiger partial charge in [0.05, 0.1) is 28.5 Å². The summed E-state index contributed by atoms with van der Waals surface area (Å²) in [6.07, 6.45) is 2.50. The van der Waals surface area contributed by atoms with E-state index in [4.69, 9.17) is 26.8 Å². The fourth-order valence-electron chi connectivity index (χ4n) is 2.84. The molecule has 114 valence electrons. The maximum atomic E-state index is 12.2. The highest BCUT2D eigenvalue weighted by Crippen LogP contribution is 2.39. The minimum Gasteiger partial charge on any atom is -0.459 e. The van der Waals surface area contributed by atoms with Crippen molar-refractivity contribution in [1.82, 2.24) is 0 Å². The number of benzene rings is 1. The van der Waals surface area contributed by atoms with Gasteiger partial charge in [0.2, 0.25) is 0 Å². The molecule has 0 bridgehead atoms. The van der Waals surface area contributed by atoms with E-state index in [9.17, 15) is 4.79 Å². The first kappa shape index (κ1) is 15.0. The Morgan fingerprint density at radius 2 is 2.38 bits per heavy atom. The summed E-state index contributed by atoms with van der Waals surface area (Å²) in [6.45, 7) is 0.654. The summed E-state index contributed by atoms with van der Waals surface area (Å²) in [4.78, 5) is 12.2. The van der Waals surface area contributed by atoms with E-state index < -0.39 is 0 Å². The molecule has 0 aromatic heterocycles. The zero-order valence-electron chi connectivity index (χ0n) is 11.6. The van der Waals surface area contributed by atoms with Gasteiger partial charge in [-0.25, -0.2) is 4.79 Å². The number of esters is 1. The second kappa shape index (κ2) is 6.07. The van der Waals surface area contributed by atoms with Crippen molar-refractivity contribution in [2.24, 2.45) is 0 Å². The minimum atomic E-state index is -0.342. The molecule has 0 saturated carbocycles. The maximum absolute atomic E-state index is 12.2. The number of rotatable bonds is 2. The number of nitrogen functional groups attached to an aromatic ring is 1. The van der Waals surface area contributed by atoms with E-state index in [-0.39, 0.29) is 17.7 Å². The smallest absolute Gasteiger partial charge is 0.338 e. The molecular weight excluding hydrogens is 310 g/mol. The van der Waals surface area contributed by atoms with Crippen LogP contribution in [0.25, 0.3) is 0 Å². The molecule has 3 rings (SSSR count). The molecule has 2 saturated heterocycles. The van der Waals surface area contributed by atoms with Crippen molar-refractivity contribution in [3.63, 3.8) is 0 Å². The number of halogens is 1. The number of thioether (sulfide) groups is 1. The van der Waals surface area contributed by atoms with Gasteiger partial charge in [-0.3, -0.25) is 0 Å². The lowest BCUT2D eigenvalue weighted by molar-refractivity contribution is -0.106. The molecule has 1 spiro atoms. The van der Waals surface area contributed by atoms with E-state index in [2.05, 4.69) is 0 Å². The van der Waals surface area contributed by atoms with E-state index in [1.807, 2.05) is 11.8 Å². The van der Waals surface area contributed by atoms with E-state index in [0.717, 1.165) is 30.8 Å². The van der Waals surface area contributed by atoms with E-state index in [1.54, 1.807) is 18.2 Å². The van der Waals surface area contributed by atoms with Crippen LogP contribution in [0.5, 0.6) is 0 Å². The molecule has 1 aromatic rings. The number of hydrogen-bond acceptors (Lipinski definition) is 5. The van der Waals surface area contributed by atoms with Gasteiger partial charge in [-0.1, -0.05) is 11.6 Å². The first-order chi connectivity index (χ1) is 10.1. The lowest BCUT2D eigenvalue weighted by Gasteiger charge is -2.37. The molecule has 2 N–H and O–H groups in total. The van der Waals surface area contributed by atoms with Crippen LogP contribution in [0.15, 0.2) is 18.2 Å². The summed E-state index contributed by atoms with van der Waals surface area (Å²) in [6, 6.07) is 4.82. The van der Waals surface area contributed by atoms with Crippen molar-refractivity contribution >= 4 is 35.0 Å². The Hall–Kier alpha value is -0.910. The molecule has 2 aliphatic heterocycles. The van der Waals surface area contributed by atoms with Crippen molar-refractivity contribution in [1.29, 1.82) is 0 Å². The second-order valence-electron chi connectivity index (χ2n) is 5.59. The Kier molecular flexibility index (Phi) is 4.33. The van der Waals surface area contributed by atoms with Crippen LogP contribution in [0.1, 0.15) is 29.6 Å². The standard InChI is InChI=1S/C15H18ClNO3S/c16-12-2-1-10(7-13(12)17)14(18)20-11-3-5-19-15(8-11)4-6-21-9-15/h1-2,7,11H,3-6,8-9,17H2. The fourth-order valence-corrected chi connectivity index (χ4v) is 4.33. The van der Waals surface area contributed by atoms with E-state index >= 15 is 0 Å². The highest BCUT2D eigenvalue weighted by Gasteiger charge is 2.41. The van der Waals surface area contributed by atoms with Gasteiger partial charge in [0.25, 0.3) is 0 Å². The zero-order chi connectivity index (χ0) is 14.9. The molecule has 2 heterocycles. The molecule has 6 heteroatoms. The number of carbonyl (C=O) groups is 1. The lowest BCUT2D eigenvalue weighted by atomic mass is 9.91. The van der Waals surface area contributed by atoms with Crippen molar-refractivity contribution in [3.8, 4) is 0 Å². The lowest BCUT2D eigenvalue weighted by Crippen LogP contribution is -2.43. The van der Waals surface area contributed by atoms with Crippen LogP contribution >= 0.6 is 23.4 Å². The van der Waals surface area contributed by atoms with Crippen LogP contribution in [0.2, 0.25) is 5.02 Å². The van der Waals surface area contributed by atoms with Crippen molar-refractivity contribution in [3.05, 3.63) is 28.8 Å². The third-order valence-electron chi connectivity index (χ3n) is 4.02. The van der Waals surface area contributed by atoms with Crippen molar-refractivity contribution < 1.29 is 14.3 Å². The minimum absolute atomic E-state index is 0.0816. The summed E-state index contributed by atoms with van der Waals surface area (Å²) >= 11 is 7.77. The quantitative estimate of drug-likeness (QED) is 0.668. The molecule has 4 nitrogen and oxygen atoms in total. The molecule has 0 radical (unpaired) electrons. The fraction of sp³-hybridized carbons (Fsp3) is 0.533. The first-order valence-electron chi connectivity index (χ1n) is 7.06. The molecule has 1 aromatic carbocycles. The predicted molar refractivity (Wildman–Crippen MR) is 84.9 cm³/mol. The summed E-state index contributed by atoms with van der Waals surface area (Å²) in [5.74, 6) is 1.77. The van der Waals surface area contributed by atoms with Crippen LogP contribution in [0.3, 0.4) is 0 Å². The van der Waals surface area contributed by atoms with Gasteiger partial charge in [-0.05, 0) is 30.4 Å². The normalized spacial score (nSPS) is 28.7. The Bertz CT molecular complexity index is 546. The van der Waals surface area contributed by atoms with Crippen LogP contribution in [-0.2, 0) is 9.47 Å². The molecular formula is C15H18ClNO3S. The number of carbonyl (C=O) groups excluding carboxylic acids is 1. The largest absolute Gasteiger partial charge is 0.459 e. The molecule has 21 heavy (non-hydrogen) atoms. The molecule has 2 fully saturated rings. The SMILES string of the molecule is Nc1cc(C(=O)OC2CCOC3(CCSC3)C2)ccc1Cl. The van der Waals surface area contributed by atoms with Gasteiger partial charge >= 0.3 is 5.97 Å². The van der Waals surface area contributed by atoms with Gasteiger partial charge in [0.1, 0.15) is 6.10 Å².